The number of rotatable bonds is 17. The van der Waals surface area contributed by atoms with Gasteiger partial charge in [0.25, 0.3) is 0 Å². The number of halogens is 1. The highest BCUT2D eigenvalue weighted by Gasteiger charge is 2.25. The van der Waals surface area contributed by atoms with Crippen LogP contribution in [0.3, 0.4) is 0 Å². The van der Waals surface area contributed by atoms with Crippen LogP contribution >= 0.6 is 34.7 Å². The van der Waals surface area contributed by atoms with Gasteiger partial charge >= 0.3 is 5.97 Å². The molecule has 2 aromatic heterocycles. The van der Waals surface area contributed by atoms with Crippen molar-refractivity contribution in [1.82, 2.24) is 15.3 Å². The Kier molecular flexibility index (Phi) is 14.4. The van der Waals surface area contributed by atoms with E-state index in [1.165, 1.54) is 23.1 Å². The molecule has 2 atom stereocenters. The van der Waals surface area contributed by atoms with Gasteiger partial charge in [-0.2, -0.15) is 5.26 Å². The Morgan fingerprint density at radius 3 is 2.52 bits per heavy atom. The van der Waals surface area contributed by atoms with E-state index in [0.29, 0.717) is 39.1 Å². The number of aliphatic hydroxyl groups is 1. The second kappa shape index (κ2) is 18.9. The van der Waals surface area contributed by atoms with Crippen molar-refractivity contribution in [2.75, 3.05) is 25.6 Å². The molecule has 1 amide bonds. The number of thiazole rings is 1. The predicted molar refractivity (Wildman–Crippen MR) is 195 cm³/mol. The number of hydrogen-bond acceptors (Lipinski definition) is 12. The fraction of sp³-hybridized carbons (Fsp3) is 0.314. The minimum absolute atomic E-state index is 0.00891. The van der Waals surface area contributed by atoms with Crippen LogP contribution in [0.1, 0.15) is 43.9 Å². The Bertz CT molecular complexity index is 1860. The zero-order valence-electron chi connectivity index (χ0n) is 27.2. The molecule has 0 bridgehead atoms. The molecule has 0 saturated heterocycles. The van der Waals surface area contributed by atoms with Crippen molar-refractivity contribution in [2.45, 2.75) is 55.5 Å². The number of pyridine rings is 1. The number of nitrogen functional groups attached to an aromatic ring is 1. The molecular weight excluding hydrogens is 698 g/mol. The number of anilines is 1. The van der Waals surface area contributed by atoms with Crippen molar-refractivity contribution in [3.63, 3.8) is 0 Å². The molecule has 12 nitrogen and oxygen atoms in total. The standard InChI is InChI=1S/C35H36ClN7O5S2/c1-3-4-5-6-27(38)32(45)42-28(18-44)35(46)48-16-15-47-25-13-9-21(10-14-25)29-26(17-37)34(43-31(39)30(29)40-2)50-20-24-19-49-33(41-24)22-7-11-23(36)12-8-22/h7-14,19,27-28,44H,3-6,15-16,18,20,38H2,1H3,(H2,39,43)(H,42,45)/t27-,28-/m0/s1. The molecule has 0 aliphatic heterocycles. The Balaban J connectivity index is 1.37. The summed E-state index contributed by atoms with van der Waals surface area (Å²) in [6.07, 6.45) is 3.20. The fourth-order valence-corrected chi connectivity index (χ4v) is 6.68. The smallest absolute Gasteiger partial charge is 0.331 e. The van der Waals surface area contributed by atoms with Crippen LogP contribution in [0.5, 0.6) is 5.75 Å². The second-order valence-electron chi connectivity index (χ2n) is 11.0. The zero-order chi connectivity index (χ0) is 36.0. The molecule has 0 aliphatic carbocycles. The topological polar surface area (TPSA) is 191 Å². The zero-order valence-corrected chi connectivity index (χ0v) is 29.6. The number of nitrogens with one attached hydrogen (secondary N) is 1. The third-order valence-electron chi connectivity index (χ3n) is 7.37. The van der Waals surface area contributed by atoms with Crippen molar-refractivity contribution in [3.05, 3.63) is 81.6 Å². The lowest BCUT2D eigenvalue weighted by Crippen LogP contribution is -2.50. The van der Waals surface area contributed by atoms with Crippen LogP contribution in [0.2, 0.25) is 5.02 Å². The summed E-state index contributed by atoms with van der Waals surface area (Å²) in [6.45, 7) is 8.99. The van der Waals surface area contributed by atoms with E-state index in [1.54, 1.807) is 36.4 Å². The van der Waals surface area contributed by atoms with Crippen LogP contribution in [0.25, 0.3) is 26.5 Å². The van der Waals surface area contributed by atoms with E-state index in [4.69, 9.17) is 44.1 Å². The number of ether oxygens (including phenoxy) is 2. The number of thioether (sulfide) groups is 1. The Morgan fingerprint density at radius 1 is 1.14 bits per heavy atom. The summed E-state index contributed by atoms with van der Waals surface area (Å²) in [4.78, 5) is 37.4. The van der Waals surface area contributed by atoms with E-state index >= 15 is 0 Å². The molecule has 260 valence electrons. The lowest BCUT2D eigenvalue weighted by atomic mass is 10.00. The number of esters is 1. The minimum Gasteiger partial charge on any atom is -0.490 e. The van der Waals surface area contributed by atoms with E-state index in [-0.39, 0.29) is 30.3 Å². The summed E-state index contributed by atoms with van der Waals surface area (Å²) in [6, 6.07) is 14.3. The summed E-state index contributed by atoms with van der Waals surface area (Å²) in [7, 11) is 0. The quantitative estimate of drug-likeness (QED) is 0.0423. The van der Waals surface area contributed by atoms with E-state index in [0.717, 1.165) is 35.5 Å². The summed E-state index contributed by atoms with van der Waals surface area (Å²) in [5.74, 6) is -0.461. The number of amides is 1. The fourth-order valence-electron chi connectivity index (χ4n) is 4.74. The first-order valence-electron chi connectivity index (χ1n) is 15.7. The van der Waals surface area contributed by atoms with Crippen LogP contribution in [-0.2, 0) is 20.1 Å². The number of carbonyl (C=O) groups excluding carboxylic acids is 2. The van der Waals surface area contributed by atoms with Gasteiger partial charge in [0.1, 0.15) is 40.9 Å². The molecule has 6 N–H and O–H groups in total. The largest absolute Gasteiger partial charge is 0.490 e. The van der Waals surface area contributed by atoms with Gasteiger partial charge in [-0.05, 0) is 36.2 Å². The van der Waals surface area contributed by atoms with E-state index in [2.05, 4.69) is 21.2 Å². The maximum absolute atomic E-state index is 12.4. The molecule has 4 aromatic rings. The monoisotopic (exact) mass is 733 g/mol. The number of nitrogens with two attached hydrogens (primary N) is 2. The number of aliphatic hydroxyl groups excluding tert-OH is 1. The van der Waals surface area contributed by atoms with E-state index in [1.807, 2.05) is 24.4 Å². The van der Waals surface area contributed by atoms with Crippen molar-refractivity contribution in [2.24, 2.45) is 5.73 Å². The number of unbranched alkanes of at least 4 members (excludes halogenated alkanes) is 2. The van der Waals surface area contributed by atoms with Gasteiger partial charge in [-0.15, -0.1) is 11.3 Å². The molecular formula is C35H36ClN7O5S2. The van der Waals surface area contributed by atoms with Gasteiger partial charge < -0.3 is 31.4 Å². The maximum atomic E-state index is 12.4. The van der Waals surface area contributed by atoms with Crippen molar-refractivity contribution < 1.29 is 24.2 Å². The average Bonchev–Trinajstić information content (AvgIpc) is 3.60. The number of hydrogen-bond donors (Lipinski definition) is 4. The first kappa shape index (κ1) is 38.1. The molecule has 0 spiro atoms. The van der Waals surface area contributed by atoms with Gasteiger partial charge in [0.2, 0.25) is 11.6 Å². The molecule has 2 aromatic carbocycles. The lowest BCUT2D eigenvalue weighted by molar-refractivity contribution is -0.149. The van der Waals surface area contributed by atoms with Crippen LogP contribution in [0.15, 0.2) is 58.9 Å². The van der Waals surface area contributed by atoms with Crippen LogP contribution in [-0.4, -0.2) is 58.9 Å². The summed E-state index contributed by atoms with van der Waals surface area (Å²) < 4.78 is 10.9. The molecule has 0 radical (unpaired) electrons. The number of nitrogens with zero attached hydrogens (tertiary/aromatic N) is 4. The molecule has 4 rings (SSSR count). The van der Waals surface area contributed by atoms with Crippen LogP contribution in [0, 0.1) is 17.9 Å². The van der Waals surface area contributed by atoms with Gasteiger partial charge in [0, 0.05) is 27.3 Å². The van der Waals surface area contributed by atoms with Gasteiger partial charge in [-0.3, -0.25) is 4.79 Å². The summed E-state index contributed by atoms with van der Waals surface area (Å²) >= 11 is 8.81. The molecule has 15 heteroatoms. The third-order valence-corrected chi connectivity index (χ3v) is 9.57. The Morgan fingerprint density at radius 2 is 1.86 bits per heavy atom. The number of aromatic nitrogens is 2. The first-order valence-corrected chi connectivity index (χ1v) is 17.9. The van der Waals surface area contributed by atoms with Crippen molar-refractivity contribution in [1.29, 1.82) is 5.26 Å². The highest BCUT2D eigenvalue weighted by Crippen LogP contribution is 2.42. The van der Waals surface area contributed by atoms with Crippen LogP contribution < -0.4 is 21.5 Å². The van der Waals surface area contributed by atoms with Crippen molar-refractivity contribution in [3.8, 4) is 33.5 Å². The molecule has 0 saturated carbocycles. The summed E-state index contributed by atoms with van der Waals surface area (Å²) in [5.41, 5.74) is 15.1. The number of benzene rings is 2. The Labute approximate surface area is 303 Å². The van der Waals surface area contributed by atoms with Gasteiger partial charge in [0.05, 0.1) is 30.5 Å². The first-order chi connectivity index (χ1) is 24.2. The molecule has 50 heavy (non-hydrogen) atoms. The minimum atomic E-state index is -1.24. The molecule has 0 fully saturated rings. The van der Waals surface area contributed by atoms with Gasteiger partial charge in [-0.1, -0.05) is 73.8 Å². The Hall–Kier alpha value is -4.70. The van der Waals surface area contributed by atoms with Gasteiger partial charge in [-0.25, -0.2) is 19.6 Å². The predicted octanol–water partition coefficient (Wildman–Crippen LogP) is 6.13. The molecule has 0 unspecified atom stereocenters. The van der Waals surface area contributed by atoms with Crippen LogP contribution in [0.4, 0.5) is 11.5 Å². The van der Waals surface area contributed by atoms with Gasteiger partial charge in [0.15, 0.2) is 6.04 Å². The highest BCUT2D eigenvalue weighted by molar-refractivity contribution is 7.98. The normalized spacial score (nSPS) is 12.0. The molecule has 0 aliphatic rings. The van der Waals surface area contributed by atoms with E-state index in [9.17, 15) is 20.0 Å². The SMILES string of the molecule is [C-]#[N+]c1c(N)nc(SCc2csc(-c3ccc(Cl)cc3)n2)c(C#N)c1-c1ccc(OCCOC(=O)[C@H](CO)NC(=O)[C@@H](N)CCCCC)cc1. The van der Waals surface area contributed by atoms with Crippen molar-refractivity contribution >= 4 is 58.1 Å². The average molecular weight is 734 g/mol. The second-order valence-corrected chi connectivity index (χ2v) is 13.2. The third kappa shape index (κ3) is 10.2. The lowest BCUT2D eigenvalue weighted by Gasteiger charge is -2.18. The summed E-state index contributed by atoms with van der Waals surface area (Å²) in [5, 5.41) is 26.0. The molecule has 2 heterocycles. The number of carbonyl (C=O) groups is 2. The van der Waals surface area contributed by atoms with E-state index < -0.39 is 30.6 Å². The maximum Gasteiger partial charge on any atom is 0.331 e. The highest BCUT2D eigenvalue weighted by atomic mass is 35.5. The number of nitriles is 1.